The van der Waals surface area contributed by atoms with Crippen molar-refractivity contribution in [3.8, 4) is 0 Å². The molecular weight excluding hydrogens is 338 g/mol. The topological polar surface area (TPSA) is 46.1 Å². The third-order valence-corrected chi connectivity index (χ3v) is 7.01. The maximum Gasteiger partial charge on any atom is 0.235 e. The number of carbonyl (C=O) groups is 1. The largest absolute Gasteiger partial charge is 0.342 e. The zero-order valence-corrected chi connectivity index (χ0v) is 16.7. The Kier molecular flexibility index (Phi) is 5.16. The molecule has 0 aliphatic carbocycles. The summed E-state index contributed by atoms with van der Waals surface area (Å²) in [4.78, 5) is 26.3. The average Bonchev–Trinajstić information content (AvgIpc) is 2.81. The van der Waals surface area contributed by atoms with Gasteiger partial charge in [-0.05, 0) is 52.0 Å². The van der Waals surface area contributed by atoms with Gasteiger partial charge < -0.3 is 4.90 Å². The summed E-state index contributed by atoms with van der Waals surface area (Å²) in [5, 5.41) is 1.96. The third-order valence-electron chi connectivity index (χ3n) is 4.84. The van der Waals surface area contributed by atoms with Gasteiger partial charge in [-0.3, -0.25) is 4.79 Å². The number of aryl methyl sites for hydroxylation is 3. The minimum absolute atomic E-state index is 0.115. The van der Waals surface area contributed by atoms with Gasteiger partial charge in [0.2, 0.25) is 5.91 Å². The van der Waals surface area contributed by atoms with Crippen LogP contribution in [0.25, 0.3) is 10.2 Å². The molecule has 1 saturated heterocycles. The van der Waals surface area contributed by atoms with Crippen molar-refractivity contribution < 1.29 is 4.79 Å². The van der Waals surface area contributed by atoms with Crippen LogP contribution in [0.2, 0.25) is 0 Å². The molecule has 1 amide bonds. The summed E-state index contributed by atoms with van der Waals surface area (Å²) in [6.45, 7) is 12.2. The van der Waals surface area contributed by atoms with Crippen LogP contribution in [-0.4, -0.2) is 39.1 Å². The second kappa shape index (κ2) is 7.00. The number of likely N-dealkylation sites (tertiary alicyclic amines) is 1. The lowest BCUT2D eigenvalue weighted by Gasteiger charge is -2.32. The van der Waals surface area contributed by atoms with Crippen molar-refractivity contribution in [2.24, 2.45) is 5.92 Å². The van der Waals surface area contributed by atoms with E-state index in [2.05, 4.69) is 30.7 Å². The van der Waals surface area contributed by atoms with Crippen molar-refractivity contribution in [3.63, 3.8) is 0 Å². The SMILES string of the molecule is Cc1nc(S[C@H](C)C(=O)N2CCC(C)CC2)c2c(C)c(C)sc2n1. The summed E-state index contributed by atoms with van der Waals surface area (Å²) in [6.07, 6.45) is 2.23. The molecule has 3 rings (SSSR count). The number of hydrogen-bond acceptors (Lipinski definition) is 5. The summed E-state index contributed by atoms with van der Waals surface area (Å²) < 4.78 is 0. The summed E-state index contributed by atoms with van der Waals surface area (Å²) in [6, 6.07) is 0. The molecule has 24 heavy (non-hydrogen) atoms. The highest BCUT2D eigenvalue weighted by atomic mass is 32.2. The summed E-state index contributed by atoms with van der Waals surface area (Å²) in [7, 11) is 0. The third kappa shape index (κ3) is 3.45. The lowest BCUT2D eigenvalue weighted by atomic mass is 9.99. The molecule has 1 fully saturated rings. The predicted molar refractivity (Wildman–Crippen MR) is 102 cm³/mol. The van der Waals surface area contributed by atoms with Crippen LogP contribution >= 0.6 is 23.1 Å². The number of carbonyl (C=O) groups excluding carboxylic acids is 1. The van der Waals surface area contributed by atoms with E-state index in [-0.39, 0.29) is 11.2 Å². The standard InChI is InChI=1S/C18H25N3OS2/c1-10-6-8-21(9-7-10)18(22)13(4)24-17-15-11(2)12(3)23-16(15)19-14(5)20-17/h10,13H,6-9H2,1-5H3/t13-/m1/s1. The highest BCUT2D eigenvalue weighted by molar-refractivity contribution is 8.00. The van der Waals surface area contributed by atoms with Crippen LogP contribution in [0.1, 0.15) is 43.0 Å². The molecule has 0 aromatic carbocycles. The van der Waals surface area contributed by atoms with Crippen LogP contribution in [0, 0.1) is 26.7 Å². The Bertz CT molecular complexity index is 763. The fourth-order valence-corrected chi connectivity index (χ4v) is 5.38. The number of thioether (sulfide) groups is 1. The van der Waals surface area contributed by atoms with Crippen LogP contribution < -0.4 is 0 Å². The second-order valence-corrected chi connectivity index (χ2v) is 9.34. The molecule has 2 aromatic rings. The lowest BCUT2D eigenvalue weighted by molar-refractivity contribution is -0.131. The van der Waals surface area contributed by atoms with Crippen LogP contribution in [0.15, 0.2) is 5.03 Å². The Labute approximate surface area is 152 Å². The molecule has 130 valence electrons. The van der Waals surface area contributed by atoms with Gasteiger partial charge in [-0.25, -0.2) is 9.97 Å². The Morgan fingerprint density at radius 3 is 2.58 bits per heavy atom. The number of hydrogen-bond donors (Lipinski definition) is 0. The number of thiophene rings is 1. The normalized spacial score (nSPS) is 17.5. The Balaban J connectivity index is 1.82. The van der Waals surface area contributed by atoms with Gasteiger partial charge in [0.15, 0.2) is 0 Å². The van der Waals surface area contributed by atoms with Gasteiger partial charge in [0, 0.05) is 23.4 Å². The molecule has 1 aliphatic rings. The van der Waals surface area contributed by atoms with Crippen molar-refractivity contribution in [3.05, 3.63) is 16.3 Å². The number of aromatic nitrogens is 2. The number of rotatable bonds is 3. The minimum atomic E-state index is -0.115. The van der Waals surface area contributed by atoms with E-state index in [4.69, 9.17) is 0 Å². The highest BCUT2D eigenvalue weighted by Crippen LogP contribution is 2.37. The first-order chi connectivity index (χ1) is 11.4. The van der Waals surface area contributed by atoms with E-state index in [1.165, 1.54) is 10.4 Å². The number of nitrogens with zero attached hydrogens (tertiary/aromatic N) is 3. The van der Waals surface area contributed by atoms with Gasteiger partial charge in [0.25, 0.3) is 0 Å². The fraction of sp³-hybridized carbons (Fsp3) is 0.611. The van der Waals surface area contributed by atoms with Gasteiger partial charge in [-0.1, -0.05) is 18.7 Å². The zero-order chi connectivity index (χ0) is 17.4. The Morgan fingerprint density at radius 1 is 1.25 bits per heavy atom. The maximum absolute atomic E-state index is 12.8. The quantitative estimate of drug-likeness (QED) is 0.600. The Morgan fingerprint density at radius 2 is 1.92 bits per heavy atom. The monoisotopic (exact) mass is 363 g/mol. The van der Waals surface area contributed by atoms with E-state index in [1.807, 2.05) is 18.7 Å². The smallest absolute Gasteiger partial charge is 0.235 e. The van der Waals surface area contributed by atoms with Gasteiger partial charge in [-0.15, -0.1) is 11.3 Å². The molecule has 0 N–H and O–H groups in total. The van der Waals surface area contributed by atoms with E-state index < -0.39 is 0 Å². The summed E-state index contributed by atoms with van der Waals surface area (Å²) in [5.74, 6) is 1.75. The zero-order valence-electron chi connectivity index (χ0n) is 15.0. The van der Waals surface area contributed by atoms with Gasteiger partial charge in [-0.2, -0.15) is 0 Å². The second-order valence-electron chi connectivity index (χ2n) is 6.81. The van der Waals surface area contributed by atoms with Crippen LogP contribution in [0.3, 0.4) is 0 Å². The van der Waals surface area contributed by atoms with Crippen LogP contribution in [-0.2, 0) is 4.79 Å². The van der Waals surface area contributed by atoms with Crippen molar-refractivity contribution in [1.29, 1.82) is 0 Å². The van der Waals surface area contributed by atoms with E-state index in [0.717, 1.165) is 52.9 Å². The molecule has 2 aromatic heterocycles. The van der Waals surface area contributed by atoms with E-state index >= 15 is 0 Å². The molecule has 1 atom stereocenters. The van der Waals surface area contributed by atoms with E-state index in [1.54, 1.807) is 23.1 Å². The number of fused-ring (bicyclic) bond motifs is 1. The van der Waals surface area contributed by atoms with E-state index in [0.29, 0.717) is 0 Å². The average molecular weight is 364 g/mol. The van der Waals surface area contributed by atoms with Gasteiger partial charge >= 0.3 is 0 Å². The molecule has 0 bridgehead atoms. The Hall–Kier alpha value is -1.14. The molecule has 3 heterocycles. The van der Waals surface area contributed by atoms with Crippen molar-refractivity contribution in [2.75, 3.05) is 13.1 Å². The van der Waals surface area contributed by atoms with Crippen molar-refractivity contribution in [2.45, 2.75) is 57.7 Å². The molecule has 0 spiro atoms. The van der Waals surface area contributed by atoms with Gasteiger partial charge in [0.05, 0.1) is 5.25 Å². The van der Waals surface area contributed by atoms with Gasteiger partial charge in [0.1, 0.15) is 15.7 Å². The maximum atomic E-state index is 12.8. The summed E-state index contributed by atoms with van der Waals surface area (Å²) in [5.41, 5.74) is 1.24. The fourth-order valence-electron chi connectivity index (χ4n) is 3.10. The molecule has 0 saturated carbocycles. The van der Waals surface area contributed by atoms with Crippen LogP contribution in [0.4, 0.5) is 0 Å². The minimum Gasteiger partial charge on any atom is -0.342 e. The van der Waals surface area contributed by atoms with Crippen LogP contribution in [0.5, 0.6) is 0 Å². The number of amides is 1. The molecule has 1 aliphatic heterocycles. The van der Waals surface area contributed by atoms with Crippen molar-refractivity contribution in [1.82, 2.24) is 14.9 Å². The molecule has 0 unspecified atom stereocenters. The van der Waals surface area contributed by atoms with Crippen molar-refractivity contribution >= 4 is 39.2 Å². The summed E-state index contributed by atoms with van der Waals surface area (Å²) >= 11 is 3.29. The highest BCUT2D eigenvalue weighted by Gasteiger charge is 2.26. The first-order valence-corrected chi connectivity index (χ1v) is 10.3. The predicted octanol–water partition coefficient (Wildman–Crippen LogP) is 4.36. The number of piperidine rings is 1. The lowest BCUT2D eigenvalue weighted by Crippen LogP contribution is -2.41. The molecule has 0 radical (unpaired) electrons. The molecular formula is C18H25N3OS2. The van der Waals surface area contributed by atoms with E-state index in [9.17, 15) is 4.79 Å². The first kappa shape index (κ1) is 17.7. The first-order valence-electron chi connectivity index (χ1n) is 8.56. The molecule has 6 heteroatoms. The molecule has 4 nitrogen and oxygen atoms in total.